The first-order valence-electron chi connectivity index (χ1n) is 8.66. The van der Waals surface area contributed by atoms with Crippen LogP contribution >= 0.6 is 0 Å². The molecule has 1 amide bonds. The van der Waals surface area contributed by atoms with Crippen LogP contribution < -0.4 is 5.32 Å². The number of methoxy groups -OCH3 is 1. The average molecular weight is 345 g/mol. The van der Waals surface area contributed by atoms with Crippen molar-refractivity contribution in [2.45, 2.75) is 52.3 Å². The Kier molecular flexibility index (Phi) is 6.80. The van der Waals surface area contributed by atoms with E-state index in [2.05, 4.69) is 9.88 Å². The van der Waals surface area contributed by atoms with Crippen LogP contribution in [0.4, 0.5) is 0 Å². The van der Waals surface area contributed by atoms with Crippen molar-refractivity contribution in [3.05, 3.63) is 28.6 Å². The molecule has 0 saturated carbocycles. The van der Waals surface area contributed by atoms with Gasteiger partial charge in [-0.05, 0) is 51.3 Å². The largest absolute Gasteiger partial charge is 0.383 e. The Morgan fingerprint density at radius 2 is 2.36 bits per heavy atom. The Labute approximate surface area is 149 Å². The monoisotopic (exact) mass is 345 g/mol. The zero-order chi connectivity index (χ0) is 18.4. The molecule has 1 aromatic rings. The highest BCUT2D eigenvalue weighted by Crippen LogP contribution is 2.22. The van der Waals surface area contributed by atoms with E-state index in [1.807, 2.05) is 32.9 Å². The molecule has 0 aromatic carbocycles. The molecule has 6 nitrogen and oxygen atoms in total. The Balaban J connectivity index is 2.17. The molecule has 136 valence electrons. The molecule has 2 atom stereocenters. The van der Waals surface area contributed by atoms with E-state index in [4.69, 9.17) is 9.47 Å². The molecular weight excluding hydrogens is 318 g/mol. The van der Waals surface area contributed by atoms with Crippen molar-refractivity contribution in [3.8, 4) is 6.07 Å². The van der Waals surface area contributed by atoms with Crippen LogP contribution in [-0.2, 0) is 20.8 Å². The molecule has 2 heterocycles. The van der Waals surface area contributed by atoms with Gasteiger partial charge in [0.25, 0.3) is 5.91 Å². The summed E-state index contributed by atoms with van der Waals surface area (Å²) in [6.45, 7) is 7.92. The molecule has 6 heteroatoms. The summed E-state index contributed by atoms with van der Waals surface area (Å²) in [6, 6.07) is 3.86. The maximum Gasteiger partial charge on any atom is 0.262 e. The molecule has 25 heavy (non-hydrogen) atoms. The number of carbonyl (C=O) groups excluding carboxylic acids is 1. The predicted molar refractivity (Wildman–Crippen MR) is 96.0 cm³/mol. The lowest BCUT2D eigenvalue weighted by atomic mass is 10.1. The second-order valence-electron chi connectivity index (χ2n) is 6.57. The third-order valence-corrected chi connectivity index (χ3v) is 4.48. The minimum Gasteiger partial charge on any atom is -0.383 e. The molecule has 2 unspecified atom stereocenters. The number of carbonyl (C=O) groups is 1. The van der Waals surface area contributed by atoms with Gasteiger partial charge in [-0.15, -0.1) is 0 Å². The molecule has 0 radical (unpaired) electrons. The number of hydrogen-bond donors (Lipinski definition) is 1. The first kappa shape index (κ1) is 19.2. The molecule has 0 spiro atoms. The van der Waals surface area contributed by atoms with Crippen molar-refractivity contribution in [1.29, 1.82) is 5.26 Å². The maximum atomic E-state index is 12.3. The number of ether oxygens (including phenoxy) is 2. The lowest BCUT2D eigenvalue weighted by Gasteiger charge is -2.14. The Hall–Kier alpha value is -2.10. The quantitative estimate of drug-likeness (QED) is 0.608. The summed E-state index contributed by atoms with van der Waals surface area (Å²) < 4.78 is 12.9. The van der Waals surface area contributed by atoms with Gasteiger partial charge in [0.15, 0.2) is 0 Å². The van der Waals surface area contributed by atoms with E-state index in [1.165, 1.54) is 0 Å². The highest BCUT2D eigenvalue weighted by Gasteiger charge is 2.19. The van der Waals surface area contributed by atoms with Crippen LogP contribution in [0.2, 0.25) is 0 Å². The summed E-state index contributed by atoms with van der Waals surface area (Å²) in [5, 5.41) is 12.1. The van der Waals surface area contributed by atoms with E-state index in [-0.39, 0.29) is 23.6 Å². The van der Waals surface area contributed by atoms with E-state index < -0.39 is 0 Å². The van der Waals surface area contributed by atoms with Gasteiger partial charge in [-0.25, -0.2) is 0 Å². The number of amides is 1. The summed E-state index contributed by atoms with van der Waals surface area (Å²) >= 11 is 0. The second kappa shape index (κ2) is 8.84. The number of rotatable bonds is 7. The van der Waals surface area contributed by atoms with Crippen LogP contribution in [0, 0.1) is 25.2 Å². The van der Waals surface area contributed by atoms with Crippen molar-refractivity contribution in [3.63, 3.8) is 0 Å². The molecule has 1 N–H and O–H groups in total. The second-order valence-corrected chi connectivity index (χ2v) is 6.57. The zero-order valence-electron chi connectivity index (χ0n) is 15.5. The van der Waals surface area contributed by atoms with Gasteiger partial charge in [0.2, 0.25) is 0 Å². The molecule has 0 bridgehead atoms. The van der Waals surface area contributed by atoms with Crippen molar-refractivity contribution in [2.75, 3.05) is 20.3 Å². The predicted octanol–water partition coefficient (Wildman–Crippen LogP) is 2.34. The Bertz CT molecular complexity index is 679. The molecule has 1 aliphatic rings. The standard InChI is InChI=1S/C19H27N3O3/c1-13(12-24-4)21-19(23)17(10-20)9-16-8-14(2)22(15(16)3)11-18-6-5-7-25-18/h8-9,13,18H,5-7,11-12H2,1-4H3,(H,21,23)/b17-9+. The smallest absolute Gasteiger partial charge is 0.262 e. The van der Waals surface area contributed by atoms with Crippen LogP contribution in [0.5, 0.6) is 0 Å². The zero-order valence-corrected chi connectivity index (χ0v) is 15.5. The average Bonchev–Trinajstić information content (AvgIpc) is 3.16. The van der Waals surface area contributed by atoms with Gasteiger partial charge in [-0.3, -0.25) is 4.79 Å². The van der Waals surface area contributed by atoms with Gasteiger partial charge in [0.05, 0.1) is 12.7 Å². The van der Waals surface area contributed by atoms with Crippen molar-refractivity contribution in [2.24, 2.45) is 0 Å². The van der Waals surface area contributed by atoms with Crippen LogP contribution in [0.1, 0.15) is 36.7 Å². The van der Waals surface area contributed by atoms with Crippen LogP contribution in [0.3, 0.4) is 0 Å². The SMILES string of the molecule is COCC(C)NC(=O)/C(C#N)=C/c1cc(C)n(CC2CCCO2)c1C. The van der Waals surface area contributed by atoms with Crippen LogP contribution in [0.25, 0.3) is 6.08 Å². The normalized spacial score (nSPS) is 18.8. The maximum absolute atomic E-state index is 12.3. The molecule has 1 aliphatic heterocycles. The van der Waals surface area contributed by atoms with Gasteiger partial charge >= 0.3 is 0 Å². The summed E-state index contributed by atoms with van der Waals surface area (Å²) in [7, 11) is 1.58. The molecular formula is C19H27N3O3. The summed E-state index contributed by atoms with van der Waals surface area (Å²) in [5.74, 6) is -0.379. The lowest BCUT2D eigenvalue weighted by Crippen LogP contribution is -2.36. The lowest BCUT2D eigenvalue weighted by molar-refractivity contribution is -0.117. The topological polar surface area (TPSA) is 76.3 Å². The number of aryl methyl sites for hydroxylation is 1. The van der Waals surface area contributed by atoms with E-state index >= 15 is 0 Å². The van der Waals surface area contributed by atoms with Crippen LogP contribution in [-0.4, -0.2) is 42.9 Å². The van der Waals surface area contributed by atoms with Gasteiger partial charge in [0.1, 0.15) is 11.6 Å². The minimum atomic E-state index is -0.379. The van der Waals surface area contributed by atoms with E-state index in [0.29, 0.717) is 6.61 Å². The molecule has 1 aromatic heterocycles. The highest BCUT2D eigenvalue weighted by atomic mass is 16.5. The van der Waals surface area contributed by atoms with Crippen molar-refractivity contribution in [1.82, 2.24) is 9.88 Å². The number of nitrogens with zero attached hydrogens (tertiary/aromatic N) is 2. The number of nitrogens with one attached hydrogen (secondary N) is 1. The molecule has 1 saturated heterocycles. The number of hydrogen-bond acceptors (Lipinski definition) is 4. The molecule has 2 rings (SSSR count). The fraction of sp³-hybridized carbons (Fsp3) is 0.579. The van der Waals surface area contributed by atoms with E-state index in [9.17, 15) is 10.1 Å². The Morgan fingerprint density at radius 3 is 2.96 bits per heavy atom. The third kappa shape index (κ3) is 4.94. The summed E-state index contributed by atoms with van der Waals surface area (Å²) in [4.78, 5) is 12.3. The van der Waals surface area contributed by atoms with Crippen molar-refractivity contribution < 1.29 is 14.3 Å². The van der Waals surface area contributed by atoms with Gasteiger partial charge in [0, 0.05) is 37.7 Å². The van der Waals surface area contributed by atoms with E-state index in [1.54, 1.807) is 13.2 Å². The fourth-order valence-electron chi connectivity index (χ4n) is 3.14. The number of aromatic nitrogens is 1. The first-order chi connectivity index (χ1) is 12.0. The van der Waals surface area contributed by atoms with Gasteiger partial charge < -0.3 is 19.4 Å². The molecule has 1 fully saturated rings. The van der Waals surface area contributed by atoms with Crippen molar-refractivity contribution >= 4 is 12.0 Å². The molecule has 0 aliphatic carbocycles. The van der Waals surface area contributed by atoms with Gasteiger partial charge in [-0.1, -0.05) is 0 Å². The number of nitriles is 1. The first-order valence-corrected chi connectivity index (χ1v) is 8.66. The minimum absolute atomic E-state index is 0.0975. The summed E-state index contributed by atoms with van der Waals surface area (Å²) in [6.07, 6.45) is 4.08. The van der Waals surface area contributed by atoms with E-state index in [0.717, 1.165) is 42.9 Å². The van der Waals surface area contributed by atoms with Crippen LogP contribution in [0.15, 0.2) is 11.6 Å². The van der Waals surface area contributed by atoms with Gasteiger partial charge in [-0.2, -0.15) is 5.26 Å². The highest BCUT2D eigenvalue weighted by molar-refractivity contribution is 6.01. The summed E-state index contributed by atoms with van der Waals surface area (Å²) in [5.41, 5.74) is 3.13. The Morgan fingerprint density at radius 1 is 1.60 bits per heavy atom. The third-order valence-electron chi connectivity index (χ3n) is 4.48. The fourth-order valence-corrected chi connectivity index (χ4v) is 3.14.